The Morgan fingerprint density at radius 2 is 1.59 bits per heavy atom. The van der Waals surface area contributed by atoms with Crippen LogP contribution in [0.1, 0.15) is 24.0 Å². The molecule has 1 N–H and O–H groups in total. The summed E-state index contributed by atoms with van der Waals surface area (Å²) in [4.78, 5) is 14.1. The van der Waals surface area contributed by atoms with Gasteiger partial charge < -0.3 is 10.2 Å². The highest BCUT2D eigenvalue weighted by molar-refractivity contribution is 5.79. The smallest absolute Gasteiger partial charge is 0.226 e. The normalized spacial score (nSPS) is 14.1. The molecule has 2 aromatic rings. The number of amides is 1. The van der Waals surface area contributed by atoms with Gasteiger partial charge >= 0.3 is 0 Å². The van der Waals surface area contributed by atoms with Crippen molar-refractivity contribution in [1.82, 2.24) is 4.90 Å². The summed E-state index contributed by atoms with van der Waals surface area (Å²) in [6, 6.07) is 18.5. The molecule has 1 amide bonds. The van der Waals surface area contributed by atoms with Gasteiger partial charge in [0.05, 0.1) is 6.42 Å². The fraction of sp³-hybridized carbons (Fsp3) is 0.316. The average Bonchev–Trinajstić information content (AvgIpc) is 3.10. The minimum absolute atomic E-state index is 0.252. The van der Waals surface area contributed by atoms with Crippen LogP contribution >= 0.6 is 0 Å². The molecule has 0 spiro atoms. The lowest BCUT2D eigenvalue weighted by Gasteiger charge is -2.15. The Balaban J connectivity index is 1.52. The van der Waals surface area contributed by atoms with Gasteiger partial charge in [0.2, 0.25) is 5.91 Å². The van der Waals surface area contributed by atoms with Crippen molar-refractivity contribution in [2.75, 3.05) is 18.4 Å². The van der Waals surface area contributed by atoms with Crippen LogP contribution in [0.15, 0.2) is 54.6 Å². The van der Waals surface area contributed by atoms with Crippen LogP contribution in [-0.2, 0) is 17.8 Å². The largest absolute Gasteiger partial charge is 0.381 e. The van der Waals surface area contributed by atoms with E-state index in [4.69, 9.17) is 0 Å². The van der Waals surface area contributed by atoms with Crippen molar-refractivity contribution >= 4 is 11.6 Å². The fourth-order valence-corrected chi connectivity index (χ4v) is 2.79. The summed E-state index contributed by atoms with van der Waals surface area (Å²) in [5, 5.41) is 3.40. The number of benzene rings is 2. The van der Waals surface area contributed by atoms with Gasteiger partial charge in [0.25, 0.3) is 0 Å². The summed E-state index contributed by atoms with van der Waals surface area (Å²) >= 11 is 0. The summed E-state index contributed by atoms with van der Waals surface area (Å²) in [5.41, 5.74) is 3.43. The standard InChI is InChI=1S/C19H22N2O/c22-19(21-12-4-5-13-21)14-16-8-10-18(11-9-16)20-15-17-6-2-1-3-7-17/h1-3,6-11,20H,4-5,12-15H2. The molecule has 1 saturated heterocycles. The molecule has 0 saturated carbocycles. The maximum Gasteiger partial charge on any atom is 0.226 e. The highest BCUT2D eigenvalue weighted by atomic mass is 16.2. The van der Waals surface area contributed by atoms with Crippen molar-refractivity contribution in [3.63, 3.8) is 0 Å². The molecule has 1 aliphatic heterocycles. The maximum absolute atomic E-state index is 12.1. The predicted molar refractivity (Wildman–Crippen MR) is 89.7 cm³/mol. The molecule has 0 bridgehead atoms. The van der Waals surface area contributed by atoms with Crippen molar-refractivity contribution < 1.29 is 4.79 Å². The maximum atomic E-state index is 12.1. The molecule has 22 heavy (non-hydrogen) atoms. The molecule has 0 aromatic heterocycles. The Kier molecular flexibility index (Phi) is 4.74. The predicted octanol–water partition coefficient (Wildman–Crippen LogP) is 3.46. The minimum Gasteiger partial charge on any atom is -0.381 e. The average molecular weight is 294 g/mol. The second-order valence-electron chi connectivity index (χ2n) is 5.80. The van der Waals surface area contributed by atoms with E-state index in [-0.39, 0.29) is 5.91 Å². The number of nitrogens with one attached hydrogen (secondary N) is 1. The van der Waals surface area contributed by atoms with Gasteiger partial charge in [0.1, 0.15) is 0 Å². The zero-order valence-electron chi connectivity index (χ0n) is 12.8. The first-order valence-corrected chi connectivity index (χ1v) is 7.96. The Morgan fingerprint density at radius 1 is 0.909 bits per heavy atom. The third-order valence-electron chi connectivity index (χ3n) is 4.11. The minimum atomic E-state index is 0.252. The molecule has 3 rings (SSSR count). The van der Waals surface area contributed by atoms with Gasteiger partial charge in [-0.2, -0.15) is 0 Å². The van der Waals surface area contributed by atoms with Crippen LogP contribution < -0.4 is 5.32 Å². The Bertz CT molecular complexity index is 601. The Morgan fingerprint density at radius 3 is 2.27 bits per heavy atom. The number of hydrogen-bond acceptors (Lipinski definition) is 2. The lowest BCUT2D eigenvalue weighted by molar-refractivity contribution is -0.129. The second-order valence-corrected chi connectivity index (χ2v) is 5.80. The molecule has 0 unspecified atom stereocenters. The highest BCUT2D eigenvalue weighted by Crippen LogP contribution is 2.14. The SMILES string of the molecule is O=C(Cc1ccc(NCc2ccccc2)cc1)N1CCCC1. The van der Waals surface area contributed by atoms with Gasteiger partial charge in [-0.3, -0.25) is 4.79 Å². The van der Waals surface area contributed by atoms with E-state index in [1.807, 2.05) is 35.2 Å². The number of anilines is 1. The van der Waals surface area contributed by atoms with Crippen LogP contribution in [0.25, 0.3) is 0 Å². The molecule has 2 aromatic carbocycles. The summed E-state index contributed by atoms with van der Waals surface area (Å²) < 4.78 is 0. The van der Waals surface area contributed by atoms with E-state index in [1.54, 1.807) is 0 Å². The van der Waals surface area contributed by atoms with Gasteiger partial charge in [0.15, 0.2) is 0 Å². The summed E-state index contributed by atoms with van der Waals surface area (Å²) in [7, 11) is 0. The van der Waals surface area contributed by atoms with Crippen molar-refractivity contribution in [3.8, 4) is 0 Å². The van der Waals surface area contributed by atoms with E-state index in [0.29, 0.717) is 6.42 Å². The lowest BCUT2D eigenvalue weighted by Crippen LogP contribution is -2.29. The zero-order valence-corrected chi connectivity index (χ0v) is 12.8. The molecule has 0 atom stereocenters. The van der Waals surface area contributed by atoms with Crippen molar-refractivity contribution in [3.05, 3.63) is 65.7 Å². The number of rotatable bonds is 5. The van der Waals surface area contributed by atoms with Crippen LogP contribution in [0.3, 0.4) is 0 Å². The van der Waals surface area contributed by atoms with Gasteiger partial charge in [-0.1, -0.05) is 42.5 Å². The third kappa shape index (κ3) is 3.88. The Labute approximate surface area is 132 Å². The molecule has 1 aliphatic rings. The van der Waals surface area contributed by atoms with E-state index >= 15 is 0 Å². The van der Waals surface area contributed by atoms with Crippen LogP contribution in [0, 0.1) is 0 Å². The first kappa shape index (κ1) is 14.6. The van der Waals surface area contributed by atoms with Crippen LogP contribution in [0.5, 0.6) is 0 Å². The fourth-order valence-electron chi connectivity index (χ4n) is 2.79. The third-order valence-corrected chi connectivity index (χ3v) is 4.11. The van der Waals surface area contributed by atoms with E-state index in [2.05, 4.69) is 29.6 Å². The van der Waals surface area contributed by atoms with Crippen LogP contribution in [0.4, 0.5) is 5.69 Å². The number of hydrogen-bond donors (Lipinski definition) is 1. The Hall–Kier alpha value is -2.29. The first-order chi connectivity index (χ1) is 10.8. The van der Waals surface area contributed by atoms with E-state index in [0.717, 1.165) is 43.7 Å². The second kappa shape index (κ2) is 7.12. The van der Waals surface area contributed by atoms with Crippen LogP contribution in [0.2, 0.25) is 0 Å². The molecular weight excluding hydrogens is 272 g/mol. The number of carbonyl (C=O) groups is 1. The van der Waals surface area contributed by atoms with Crippen molar-refractivity contribution in [2.24, 2.45) is 0 Å². The van der Waals surface area contributed by atoms with Gasteiger partial charge in [-0.05, 0) is 36.1 Å². The number of nitrogens with zero attached hydrogens (tertiary/aromatic N) is 1. The van der Waals surface area contributed by atoms with Crippen LogP contribution in [-0.4, -0.2) is 23.9 Å². The first-order valence-electron chi connectivity index (χ1n) is 7.96. The molecule has 114 valence electrons. The lowest BCUT2D eigenvalue weighted by atomic mass is 10.1. The van der Waals surface area contributed by atoms with Gasteiger partial charge in [-0.25, -0.2) is 0 Å². The molecule has 0 radical (unpaired) electrons. The molecule has 0 aliphatic carbocycles. The molecule has 3 heteroatoms. The molecule has 3 nitrogen and oxygen atoms in total. The summed E-state index contributed by atoms with van der Waals surface area (Å²) in [6.45, 7) is 2.66. The van der Waals surface area contributed by atoms with E-state index in [9.17, 15) is 4.79 Å². The van der Waals surface area contributed by atoms with E-state index in [1.165, 1.54) is 5.56 Å². The molecular formula is C19H22N2O. The molecule has 1 heterocycles. The quantitative estimate of drug-likeness (QED) is 0.916. The van der Waals surface area contributed by atoms with Crippen molar-refractivity contribution in [2.45, 2.75) is 25.8 Å². The zero-order chi connectivity index (χ0) is 15.2. The van der Waals surface area contributed by atoms with Gasteiger partial charge in [-0.15, -0.1) is 0 Å². The summed E-state index contributed by atoms with van der Waals surface area (Å²) in [5.74, 6) is 0.252. The molecule has 1 fully saturated rings. The van der Waals surface area contributed by atoms with Crippen molar-refractivity contribution in [1.29, 1.82) is 0 Å². The monoisotopic (exact) mass is 294 g/mol. The van der Waals surface area contributed by atoms with E-state index < -0.39 is 0 Å². The topological polar surface area (TPSA) is 32.3 Å². The number of likely N-dealkylation sites (tertiary alicyclic amines) is 1. The van der Waals surface area contributed by atoms with Gasteiger partial charge in [0, 0.05) is 25.3 Å². The number of carbonyl (C=O) groups excluding carboxylic acids is 1. The summed E-state index contributed by atoms with van der Waals surface area (Å²) in [6.07, 6.45) is 2.81. The highest BCUT2D eigenvalue weighted by Gasteiger charge is 2.17.